The van der Waals surface area contributed by atoms with Gasteiger partial charge in [0, 0.05) is 13.0 Å². The number of unbranched alkanes of at least 4 members (excludes halogenated alkanes) is 1. The Bertz CT molecular complexity index is 225. The van der Waals surface area contributed by atoms with Gasteiger partial charge in [-0.15, -0.1) is 12.4 Å². The maximum absolute atomic E-state index is 11.7. The first-order chi connectivity index (χ1) is 7.61. The number of primary amides is 1. The molecule has 0 fully saturated rings. The van der Waals surface area contributed by atoms with E-state index in [1.807, 2.05) is 14.0 Å². The van der Waals surface area contributed by atoms with E-state index in [1.54, 1.807) is 4.90 Å². The zero-order valence-corrected chi connectivity index (χ0v) is 11.5. The summed E-state index contributed by atoms with van der Waals surface area (Å²) in [5, 5.41) is 2.98. The summed E-state index contributed by atoms with van der Waals surface area (Å²) in [6.45, 7) is 3.52. The third-order valence-electron chi connectivity index (χ3n) is 2.30. The van der Waals surface area contributed by atoms with E-state index in [4.69, 9.17) is 5.73 Å². The van der Waals surface area contributed by atoms with Crippen molar-refractivity contribution < 1.29 is 9.59 Å². The van der Waals surface area contributed by atoms with E-state index in [9.17, 15) is 9.59 Å². The number of carbonyl (C=O) groups is 2. The summed E-state index contributed by atoms with van der Waals surface area (Å²) in [6, 6.07) is 0. The van der Waals surface area contributed by atoms with Crippen molar-refractivity contribution in [2.75, 3.05) is 26.7 Å². The van der Waals surface area contributed by atoms with Crippen LogP contribution in [0.4, 0.5) is 0 Å². The van der Waals surface area contributed by atoms with E-state index < -0.39 is 5.91 Å². The van der Waals surface area contributed by atoms with Gasteiger partial charge in [0.2, 0.25) is 11.8 Å². The number of rotatable bonds is 9. The number of hydrogen-bond donors (Lipinski definition) is 2. The fourth-order valence-corrected chi connectivity index (χ4v) is 1.40. The first kappa shape index (κ1) is 18.6. The van der Waals surface area contributed by atoms with Crippen molar-refractivity contribution in [2.45, 2.75) is 32.6 Å². The smallest absolute Gasteiger partial charge is 0.237 e. The Kier molecular flexibility index (Phi) is 12.7. The zero-order chi connectivity index (χ0) is 12.4. The van der Waals surface area contributed by atoms with Crippen LogP contribution in [0.25, 0.3) is 0 Å². The Labute approximate surface area is 110 Å². The maximum Gasteiger partial charge on any atom is 0.237 e. The van der Waals surface area contributed by atoms with Crippen LogP contribution in [0.5, 0.6) is 0 Å². The van der Waals surface area contributed by atoms with Crippen molar-refractivity contribution in [3.05, 3.63) is 0 Å². The Morgan fingerprint density at radius 3 is 2.41 bits per heavy atom. The molecule has 102 valence electrons. The first-order valence-electron chi connectivity index (χ1n) is 5.82. The molecular weight excluding hydrogens is 242 g/mol. The highest BCUT2D eigenvalue weighted by Crippen LogP contribution is 2.00. The van der Waals surface area contributed by atoms with Crippen molar-refractivity contribution in [3.63, 3.8) is 0 Å². The van der Waals surface area contributed by atoms with Gasteiger partial charge in [0.1, 0.15) is 0 Å². The number of nitrogens with one attached hydrogen (secondary N) is 1. The second-order valence-corrected chi connectivity index (χ2v) is 3.84. The molecule has 0 heterocycles. The van der Waals surface area contributed by atoms with Crippen LogP contribution < -0.4 is 11.1 Å². The van der Waals surface area contributed by atoms with Crippen LogP contribution in [0.15, 0.2) is 0 Å². The van der Waals surface area contributed by atoms with Gasteiger partial charge < -0.3 is 16.0 Å². The van der Waals surface area contributed by atoms with Crippen LogP contribution >= 0.6 is 12.4 Å². The van der Waals surface area contributed by atoms with Gasteiger partial charge in [-0.25, -0.2) is 0 Å². The number of halogens is 1. The highest BCUT2D eigenvalue weighted by molar-refractivity contribution is 5.85. The Balaban J connectivity index is 0. The zero-order valence-electron chi connectivity index (χ0n) is 10.7. The monoisotopic (exact) mass is 265 g/mol. The molecule has 6 heteroatoms. The topological polar surface area (TPSA) is 75.4 Å². The largest absolute Gasteiger partial charge is 0.368 e. The molecule has 0 unspecified atom stereocenters. The Morgan fingerprint density at radius 2 is 1.94 bits per heavy atom. The highest BCUT2D eigenvalue weighted by Gasteiger charge is 2.14. The number of carbonyl (C=O) groups excluding carboxylic acids is 2. The third kappa shape index (κ3) is 10.1. The van der Waals surface area contributed by atoms with E-state index in [0.29, 0.717) is 13.0 Å². The van der Waals surface area contributed by atoms with Crippen molar-refractivity contribution in [1.82, 2.24) is 10.2 Å². The SMILES string of the molecule is CCCCN(CC(N)=O)C(=O)CCCNC.Cl. The molecule has 0 aromatic rings. The van der Waals surface area contributed by atoms with Crippen molar-refractivity contribution >= 4 is 24.2 Å². The van der Waals surface area contributed by atoms with Gasteiger partial charge >= 0.3 is 0 Å². The number of nitrogens with zero attached hydrogens (tertiary/aromatic N) is 1. The second-order valence-electron chi connectivity index (χ2n) is 3.84. The summed E-state index contributed by atoms with van der Waals surface area (Å²) in [7, 11) is 1.85. The van der Waals surface area contributed by atoms with Gasteiger partial charge in [0.25, 0.3) is 0 Å². The van der Waals surface area contributed by atoms with Crippen molar-refractivity contribution in [1.29, 1.82) is 0 Å². The molecule has 3 N–H and O–H groups in total. The van der Waals surface area contributed by atoms with Crippen LogP contribution in [-0.2, 0) is 9.59 Å². The summed E-state index contributed by atoms with van der Waals surface area (Å²) in [5.74, 6) is -0.430. The lowest BCUT2D eigenvalue weighted by molar-refractivity contribution is -0.135. The molecule has 0 radical (unpaired) electrons. The average molecular weight is 266 g/mol. The number of nitrogens with two attached hydrogens (primary N) is 1. The van der Waals surface area contributed by atoms with E-state index in [1.165, 1.54) is 0 Å². The molecule has 0 aromatic heterocycles. The lowest BCUT2D eigenvalue weighted by Gasteiger charge is -2.20. The summed E-state index contributed by atoms with van der Waals surface area (Å²) in [5.41, 5.74) is 5.11. The fraction of sp³-hybridized carbons (Fsp3) is 0.818. The molecule has 17 heavy (non-hydrogen) atoms. The molecule has 0 aromatic carbocycles. The van der Waals surface area contributed by atoms with E-state index in [0.717, 1.165) is 25.8 Å². The molecule has 0 saturated heterocycles. The van der Waals surface area contributed by atoms with Crippen LogP contribution in [0, 0.1) is 0 Å². The molecule has 0 rings (SSSR count). The predicted molar refractivity (Wildman–Crippen MR) is 71.1 cm³/mol. The summed E-state index contributed by atoms with van der Waals surface area (Å²) >= 11 is 0. The van der Waals surface area contributed by atoms with E-state index >= 15 is 0 Å². The fourth-order valence-electron chi connectivity index (χ4n) is 1.40. The van der Waals surface area contributed by atoms with Crippen molar-refractivity contribution in [2.24, 2.45) is 5.73 Å². The lowest BCUT2D eigenvalue weighted by Crippen LogP contribution is -2.39. The van der Waals surface area contributed by atoms with Gasteiger partial charge in [-0.05, 0) is 26.4 Å². The Morgan fingerprint density at radius 1 is 1.29 bits per heavy atom. The molecule has 0 bridgehead atoms. The van der Waals surface area contributed by atoms with Crippen LogP contribution in [-0.4, -0.2) is 43.4 Å². The molecule has 0 atom stereocenters. The van der Waals surface area contributed by atoms with Gasteiger partial charge in [-0.1, -0.05) is 13.3 Å². The number of hydrogen-bond acceptors (Lipinski definition) is 3. The third-order valence-corrected chi connectivity index (χ3v) is 2.30. The van der Waals surface area contributed by atoms with E-state index in [2.05, 4.69) is 5.32 Å². The quantitative estimate of drug-likeness (QED) is 0.597. The normalized spacial score (nSPS) is 9.53. The van der Waals surface area contributed by atoms with Gasteiger partial charge in [-0.2, -0.15) is 0 Å². The molecule has 0 saturated carbocycles. The standard InChI is InChI=1S/C11H23N3O2.ClH/c1-3-4-8-14(9-10(12)15)11(16)6-5-7-13-2;/h13H,3-9H2,1-2H3,(H2,12,15);1H. The molecule has 0 aliphatic heterocycles. The highest BCUT2D eigenvalue weighted by atomic mass is 35.5. The van der Waals surface area contributed by atoms with Gasteiger partial charge in [-0.3, -0.25) is 9.59 Å². The maximum atomic E-state index is 11.7. The molecule has 2 amide bonds. The van der Waals surface area contributed by atoms with Crippen LogP contribution in [0.1, 0.15) is 32.6 Å². The second kappa shape index (κ2) is 11.7. The molecule has 0 spiro atoms. The Hall–Kier alpha value is -0.810. The average Bonchev–Trinajstić information content (AvgIpc) is 2.23. The summed E-state index contributed by atoms with van der Waals surface area (Å²) in [4.78, 5) is 24.1. The molecule has 5 nitrogen and oxygen atoms in total. The first-order valence-corrected chi connectivity index (χ1v) is 5.82. The number of amides is 2. The summed E-state index contributed by atoms with van der Waals surface area (Å²) < 4.78 is 0. The van der Waals surface area contributed by atoms with Gasteiger partial charge in [0.15, 0.2) is 0 Å². The molecular formula is C11H24ClN3O2. The minimum Gasteiger partial charge on any atom is -0.368 e. The minimum absolute atomic E-state index is 0. The summed E-state index contributed by atoms with van der Waals surface area (Å²) in [6.07, 6.45) is 3.17. The minimum atomic E-state index is -0.446. The predicted octanol–water partition coefficient (Wildman–Crippen LogP) is 0.522. The molecule has 0 aliphatic rings. The van der Waals surface area contributed by atoms with E-state index in [-0.39, 0.29) is 24.9 Å². The van der Waals surface area contributed by atoms with Crippen LogP contribution in [0.3, 0.4) is 0 Å². The van der Waals surface area contributed by atoms with Crippen molar-refractivity contribution in [3.8, 4) is 0 Å². The van der Waals surface area contributed by atoms with Crippen LogP contribution in [0.2, 0.25) is 0 Å². The van der Waals surface area contributed by atoms with Gasteiger partial charge in [0.05, 0.1) is 6.54 Å². The lowest BCUT2D eigenvalue weighted by atomic mass is 10.2. The molecule has 0 aliphatic carbocycles.